The van der Waals surface area contributed by atoms with Crippen LogP contribution in [0.5, 0.6) is 0 Å². The molecular formula is C16H18F2N6O3S2. The molecule has 0 aliphatic carbocycles. The van der Waals surface area contributed by atoms with Crippen molar-refractivity contribution in [2.24, 2.45) is 7.05 Å². The lowest BCUT2D eigenvalue weighted by molar-refractivity contribution is -0.116. The van der Waals surface area contributed by atoms with Gasteiger partial charge in [-0.2, -0.15) is 0 Å². The van der Waals surface area contributed by atoms with Crippen LogP contribution in [-0.4, -0.2) is 52.5 Å². The third-order valence-corrected chi connectivity index (χ3v) is 6.83. The molecule has 29 heavy (non-hydrogen) atoms. The molecule has 2 heterocycles. The predicted molar refractivity (Wildman–Crippen MR) is 103 cm³/mol. The number of benzene rings is 1. The van der Waals surface area contributed by atoms with Gasteiger partial charge in [-0.3, -0.25) is 4.79 Å². The zero-order valence-electron chi connectivity index (χ0n) is 15.8. The number of carbonyl (C=O) groups is 1. The van der Waals surface area contributed by atoms with Crippen molar-refractivity contribution < 1.29 is 22.0 Å². The molecule has 0 radical (unpaired) electrons. The van der Waals surface area contributed by atoms with Crippen molar-refractivity contribution in [3.05, 3.63) is 29.0 Å². The van der Waals surface area contributed by atoms with Crippen molar-refractivity contribution in [3.8, 4) is 0 Å². The van der Waals surface area contributed by atoms with Crippen LogP contribution >= 0.6 is 11.3 Å². The van der Waals surface area contributed by atoms with Crippen molar-refractivity contribution in [2.45, 2.75) is 24.2 Å². The standard InChI is InChI=1S/C16H18F2N6O3S2/c1-23(2)29(26,27)9-4-5-11-10(8-9)19-12(24(11)3)6-7-13(25)20-16-22-21-15(28-16)14(17)18/h4-5,8,14H,6-7H2,1-3H3,(H,20,22,25). The van der Waals surface area contributed by atoms with E-state index in [1.54, 1.807) is 17.7 Å². The molecule has 0 fully saturated rings. The Hall–Kier alpha value is -2.51. The van der Waals surface area contributed by atoms with E-state index in [0.717, 1.165) is 9.82 Å². The van der Waals surface area contributed by atoms with Gasteiger partial charge in [0.25, 0.3) is 6.43 Å². The third-order valence-electron chi connectivity index (χ3n) is 4.17. The number of carbonyl (C=O) groups excluding carboxylic acids is 1. The molecule has 0 saturated carbocycles. The van der Waals surface area contributed by atoms with E-state index in [-0.39, 0.29) is 22.9 Å². The average molecular weight is 444 g/mol. The molecule has 3 rings (SSSR count). The number of sulfonamides is 1. The van der Waals surface area contributed by atoms with Crippen LogP contribution in [0.2, 0.25) is 0 Å². The molecule has 0 unspecified atom stereocenters. The molecule has 9 nitrogen and oxygen atoms in total. The van der Waals surface area contributed by atoms with Gasteiger partial charge in [0, 0.05) is 34.0 Å². The van der Waals surface area contributed by atoms with Gasteiger partial charge in [-0.15, -0.1) is 10.2 Å². The monoisotopic (exact) mass is 444 g/mol. The molecule has 0 aliphatic rings. The molecule has 0 saturated heterocycles. The van der Waals surface area contributed by atoms with E-state index in [4.69, 9.17) is 0 Å². The van der Waals surface area contributed by atoms with E-state index in [9.17, 15) is 22.0 Å². The lowest BCUT2D eigenvalue weighted by Gasteiger charge is -2.10. The summed E-state index contributed by atoms with van der Waals surface area (Å²) in [5, 5.41) is 8.79. The zero-order valence-corrected chi connectivity index (χ0v) is 17.4. The van der Waals surface area contributed by atoms with Crippen LogP contribution in [0.3, 0.4) is 0 Å². The summed E-state index contributed by atoms with van der Waals surface area (Å²) in [6.45, 7) is 0. The first-order valence-electron chi connectivity index (χ1n) is 8.39. The normalized spacial score (nSPS) is 12.2. The van der Waals surface area contributed by atoms with Crippen LogP contribution in [0.25, 0.3) is 11.0 Å². The van der Waals surface area contributed by atoms with Crippen molar-refractivity contribution in [1.82, 2.24) is 24.1 Å². The number of rotatable bonds is 7. The number of amides is 1. The van der Waals surface area contributed by atoms with Crippen molar-refractivity contribution in [2.75, 3.05) is 19.4 Å². The molecule has 3 aromatic rings. The van der Waals surface area contributed by atoms with Gasteiger partial charge in [-0.1, -0.05) is 11.3 Å². The fourth-order valence-corrected chi connectivity index (χ4v) is 4.14. The summed E-state index contributed by atoms with van der Waals surface area (Å²) in [5.74, 6) is 0.171. The highest BCUT2D eigenvalue weighted by Crippen LogP contribution is 2.25. The van der Waals surface area contributed by atoms with Crippen LogP contribution in [0, 0.1) is 0 Å². The van der Waals surface area contributed by atoms with Crippen molar-refractivity contribution >= 4 is 43.4 Å². The summed E-state index contributed by atoms with van der Waals surface area (Å²) in [6, 6.07) is 4.66. The maximum atomic E-state index is 12.5. The average Bonchev–Trinajstić information content (AvgIpc) is 3.24. The highest BCUT2D eigenvalue weighted by molar-refractivity contribution is 7.89. The van der Waals surface area contributed by atoms with E-state index in [2.05, 4.69) is 20.5 Å². The minimum Gasteiger partial charge on any atom is -0.331 e. The summed E-state index contributed by atoms with van der Waals surface area (Å²) in [4.78, 5) is 16.6. The number of anilines is 1. The van der Waals surface area contributed by atoms with E-state index in [1.807, 2.05) is 0 Å². The number of aromatic nitrogens is 4. The second kappa shape index (κ2) is 8.08. The van der Waals surface area contributed by atoms with Gasteiger partial charge in [-0.25, -0.2) is 26.5 Å². The molecule has 1 N–H and O–H groups in total. The number of imidazole rings is 1. The van der Waals surface area contributed by atoms with Crippen LogP contribution in [-0.2, 0) is 28.3 Å². The van der Waals surface area contributed by atoms with Gasteiger partial charge in [0.1, 0.15) is 5.82 Å². The molecule has 0 bridgehead atoms. The minimum atomic E-state index is -3.58. The Kier molecular flexibility index (Phi) is 5.91. The maximum Gasteiger partial charge on any atom is 0.291 e. The maximum absolute atomic E-state index is 12.5. The summed E-state index contributed by atoms with van der Waals surface area (Å²) >= 11 is 0.618. The number of nitrogens with zero attached hydrogens (tertiary/aromatic N) is 5. The Bertz CT molecular complexity index is 1160. The van der Waals surface area contributed by atoms with Gasteiger partial charge >= 0.3 is 0 Å². The lowest BCUT2D eigenvalue weighted by atomic mass is 10.3. The molecule has 156 valence electrons. The minimum absolute atomic E-state index is 0.00818. The topological polar surface area (TPSA) is 110 Å². The molecule has 1 amide bonds. The number of alkyl halides is 2. The van der Waals surface area contributed by atoms with Gasteiger partial charge in [0.15, 0.2) is 5.01 Å². The first kappa shape index (κ1) is 21.2. The number of hydrogen-bond donors (Lipinski definition) is 1. The largest absolute Gasteiger partial charge is 0.331 e. The Labute approximate surface area is 169 Å². The van der Waals surface area contributed by atoms with E-state index < -0.39 is 27.4 Å². The van der Waals surface area contributed by atoms with Gasteiger partial charge in [-0.05, 0) is 18.2 Å². The SMILES string of the molecule is CN(C)S(=O)(=O)c1ccc2c(c1)nc(CCC(=O)Nc1nnc(C(F)F)s1)n2C. The molecule has 13 heteroatoms. The van der Waals surface area contributed by atoms with Gasteiger partial charge in [0.05, 0.1) is 15.9 Å². The van der Waals surface area contributed by atoms with Gasteiger partial charge < -0.3 is 9.88 Å². The Balaban J connectivity index is 1.73. The van der Waals surface area contributed by atoms with Crippen LogP contribution in [0.15, 0.2) is 23.1 Å². The van der Waals surface area contributed by atoms with Crippen molar-refractivity contribution in [1.29, 1.82) is 0 Å². The Morgan fingerprint density at radius 2 is 2.03 bits per heavy atom. The second-order valence-corrected chi connectivity index (χ2v) is 9.48. The quantitative estimate of drug-likeness (QED) is 0.598. The molecular weight excluding hydrogens is 426 g/mol. The Morgan fingerprint density at radius 3 is 2.66 bits per heavy atom. The molecule has 2 aromatic heterocycles. The number of aryl methyl sites for hydroxylation is 2. The smallest absolute Gasteiger partial charge is 0.291 e. The number of fused-ring (bicyclic) bond motifs is 1. The number of nitrogens with one attached hydrogen (secondary N) is 1. The summed E-state index contributed by atoms with van der Waals surface area (Å²) in [7, 11) is 1.08. The number of hydrogen-bond acceptors (Lipinski definition) is 7. The molecule has 0 atom stereocenters. The van der Waals surface area contributed by atoms with Gasteiger partial charge in [0.2, 0.25) is 21.1 Å². The lowest BCUT2D eigenvalue weighted by Crippen LogP contribution is -2.22. The number of halogens is 2. The highest BCUT2D eigenvalue weighted by Gasteiger charge is 2.20. The first-order valence-corrected chi connectivity index (χ1v) is 10.6. The zero-order chi connectivity index (χ0) is 21.3. The third kappa shape index (κ3) is 4.41. The second-order valence-electron chi connectivity index (χ2n) is 6.32. The molecule has 1 aromatic carbocycles. The predicted octanol–water partition coefficient (Wildman–Crippen LogP) is 2.18. The Morgan fingerprint density at radius 1 is 1.31 bits per heavy atom. The summed E-state index contributed by atoms with van der Waals surface area (Å²) in [6.07, 6.45) is -2.42. The van der Waals surface area contributed by atoms with E-state index >= 15 is 0 Å². The van der Waals surface area contributed by atoms with Crippen LogP contribution in [0.4, 0.5) is 13.9 Å². The fraction of sp³-hybridized carbons (Fsp3) is 0.375. The van der Waals surface area contributed by atoms with Crippen LogP contribution < -0.4 is 5.32 Å². The fourth-order valence-electron chi connectivity index (χ4n) is 2.60. The van der Waals surface area contributed by atoms with Crippen molar-refractivity contribution in [3.63, 3.8) is 0 Å². The van der Waals surface area contributed by atoms with E-state index in [0.29, 0.717) is 22.7 Å². The summed E-state index contributed by atoms with van der Waals surface area (Å²) < 4.78 is 52.5. The highest BCUT2D eigenvalue weighted by atomic mass is 32.2. The molecule has 0 spiro atoms. The van der Waals surface area contributed by atoms with E-state index in [1.165, 1.54) is 26.2 Å². The first-order chi connectivity index (χ1) is 13.6. The molecule has 0 aliphatic heterocycles. The van der Waals surface area contributed by atoms with Crippen LogP contribution in [0.1, 0.15) is 23.7 Å². The summed E-state index contributed by atoms with van der Waals surface area (Å²) in [5.41, 5.74) is 1.22.